The van der Waals surface area contributed by atoms with Gasteiger partial charge in [-0.15, -0.1) is 0 Å². The van der Waals surface area contributed by atoms with Crippen molar-refractivity contribution in [1.82, 2.24) is 0 Å². The van der Waals surface area contributed by atoms with Crippen LogP contribution < -0.4 is 5.32 Å². The minimum absolute atomic E-state index is 0.00694. The minimum atomic E-state index is -0.919. The van der Waals surface area contributed by atoms with Gasteiger partial charge in [0.05, 0.1) is 16.1 Å². The van der Waals surface area contributed by atoms with Crippen LogP contribution in [-0.2, 0) is 9.59 Å². The van der Waals surface area contributed by atoms with Crippen LogP contribution in [0.1, 0.15) is 44.1 Å². The smallest absolute Gasteiger partial charge is 0.310 e. The first-order valence-corrected chi connectivity index (χ1v) is 7.61. The molecule has 0 aromatic heterocycles. The maximum Gasteiger partial charge on any atom is 0.310 e. The van der Waals surface area contributed by atoms with Crippen LogP contribution >= 0.6 is 11.6 Å². The Labute approximate surface area is 129 Å². The number of benzene rings is 1. The molecular weight excluding hydrogens is 290 g/mol. The molecule has 0 radical (unpaired) electrons. The van der Waals surface area contributed by atoms with Crippen molar-refractivity contribution in [3.8, 4) is 0 Å². The molecule has 0 unspecified atom stereocenters. The first-order valence-electron chi connectivity index (χ1n) is 7.23. The Balaban J connectivity index is 2.11. The van der Waals surface area contributed by atoms with Gasteiger partial charge in [-0.25, -0.2) is 0 Å². The van der Waals surface area contributed by atoms with Crippen molar-refractivity contribution in [1.29, 1.82) is 0 Å². The van der Waals surface area contributed by atoms with Gasteiger partial charge in [-0.3, -0.25) is 9.59 Å². The topological polar surface area (TPSA) is 66.4 Å². The average molecular weight is 310 g/mol. The lowest BCUT2D eigenvalue weighted by Gasteiger charge is -2.32. The monoisotopic (exact) mass is 309 g/mol. The molecule has 21 heavy (non-hydrogen) atoms. The third-order valence-corrected chi connectivity index (χ3v) is 4.56. The molecule has 0 heterocycles. The Bertz CT molecular complexity index is 530. The third kappa shape index (κ3) is 3.56. The van der Waals surface area contributed by atoms with Crippen LogP contribution in [-0.4, -0.2) is 17.0 Å². The molecule has 0 atom stereocenters. The Kier molecular flexibility index (Phi) is 4.88. The SMILES string of the molecule is Cc1cccc(Cl)c1NC(=O)CC1(C(=O)O)CCCCC1. The molecule has 0 saturated heterocycles. The lowest BCUT2D eigenvalue weighted by molar-refractivity contribution is -0.153. The fourth-order valence-corrected chi connectivity index (χ4v) is 3.25. The Hall–Kier alpha value is -1.55. The van der Waals surface area contributed by atoms with Gasteiger partial charge in [-0.2, -0.15) is 0 Å². The molecule has 1 aromatic rings. The molecule has 1 fully saturated rings. The van der Waals surface area contributed by atoms with Crippen molar-refractivity contribution in [2.45, 2.75) is 45.4 Å². The van der Waals surface area contributed by atoms with E-state index in [-0.39, 0.29) is 12.3 Å². The molecule has 2 rings (SSSR count). The predicted octanol–water partition coefficient (Wildman–Crippen LogP) is 4.01. The number of anilines is 1. The number of aryl methyl sites for hydroxylation is 1. The minimum Gasteiger partial charge on any atom is -0.481 e. The van der Waals surface area contributed by atoms with Crippen molar-refractivity contribution in [2.75, 3.05) is 5.32 Å². The standard InChI is InChI=1S/C16H20ClNO3/c1-11-6-5-7-12(17)14(11)18-13(19)10-16(15(20)21)8-3-2-4-9-16/h5-7H,2-4,8-10H2,1H3,(H,18,19)(H,20,21). The Morgan fingerprint density at radius 1 is 1.29 bits per heavy atom. The summed E-state index contributed by atoms with van der Waals surface area (Å²) in [4.78, 5) is 23.9. The molecule has 1 aromatic carbocycles. The van der Waals surface area contributed by atoms with Crippen molar-refractivity contribution < 1.29 is 14.7 Å². The fraction of sp³-hybridized carbons (Fsp3) is 0.500. The second-order valence-electron chi connectivity index (χ2n) is 5.80. The molecule has 5 heteroatoms. The average Bonchev–Trinajstić information content (AvgIpc) is 2.44. The summed E-state index contributed by atoms with van der Waals surface area (Å²) in [7, 11) is 0. The van der Waals surface area contributed by atoms with Gasteiger partial charge in [0.1, 0.15) is 0 Å². The van der Waals surface area contributed by atoms with Gasteiger partial charge in [-0.1, -0.05) is 43.0 Å². The number of carboxylic acids is 1. The molecule has 2 N–H and O–H groups in total. The van der Waals surface area contributed by atoms with E-state index in [9.17, 15) is 14.7 Å². The van der Waals surface area contributed by atoms with Gasteiger partial charge in [-0.05, 0) is 31.4 Å². The zero-order valence-electron chi connectivity index (χ0n) is 12.1. The van der Waals surface area contributed by atoms with Gasteiger partial charge in [0.25, 0.3) is 0 Å². The van der Waals surface area contributed by atoms with E-state index in [1.165, 1.54) is 0 Å². The highest BCUT2D eigenvalue weighted by Gasteiger charge is 2.41. The first-order chi connectivity index (χ1) is 9.94. The van der Waals surface area contributed by atoms with E-state index in [1.807, 2.05) is 19.1 Å². The number of amides is 1. The van der Waals surface area contributed by atoms with Crippen LogP contribution in [0.2, 0.25) is 5.02 Å². The van der Waals surface area contributed by atoms with Crippen LogP contribution in [0.25, 0.3) is 0 Å². The number of nitrogens with one attached hydrogen (secondary N) is 1. The van der Waals surface area contributed by atoms with Crippen LogP contribution in [0.15, 0.2) is 18.2 Å². The van der Waals surface area contributed by atoms with E-state index in [2.05, 4.69) is 5.32 Å². The van der Waals surface area contributed by atoms with Crippen molar-refractivity contribution in [3.63, 3.8) is 0 Å². The lowest BCUT2D eigenvalue weighted by atomic mass is 9.71. The maximum absolute atomic E-state index is 12.3. The van der Waals surface area contributed by atoms with Crippen molar-refractivity contribution in [2.24, 2.45) is 5.41 Å². The van der Waals surface area contributed by atoms with Gasteiger partial charge in [0, 0.05) is 6.42 Å². The molecule has 0 spiro atoms. The largest absolute Gasteiger partial charge is 0.481 e. The highest BCUT2D eigenvalue weighted by atomic mass is 35.5. The summed E-state index contributed by atoms with van der Waals surface area (Å²) in [6.45, 7) is 1.86. The molecule has 0 bridgehead atoms. The van der Waals surface area contributed by atoms with Crippen LogP contribution in [0.3, 0.4) is 0 Å². The Morgan fingerprint density at radius 2 is 1.95 bits per heavy atom. The fourth-order valence-electron chi connectivity index (χ4n) is 2.98. The number of carbonyl (C=O) groups excluding carboxylic acids is 1. The van der Waals surface area contributed by atoms with Gasteiger partial charge >= 0.3 is 5.97 Å². The van der Waals surface area contributed by atoms with Crippen molar-refractivity contribution >= 4 is 29.2 Å². The Morgan fingerprint density at radius 3 is 2.52 bits per heavy atom. The van der Waals surface area contributed by atoms with E-state index in [1.54, 1.807) is 6.07 Å². The highest BCUT2D eigenvalue weighted by molar-refractivity contribution is 6.33. The number of carbonyl (C=O) groups is 2. The van der Waals surface area contributed by atoms with E-state index in [0.717, 1.165) is 24.8 Å². The van der Waals surface area contributed by atoms with Crippen LogP contribution in [0.5, 0.6) is 0 Å². The number of hydrogen-bond acceptors (Lipinski definition) is 2. The molecule has 1 aliphatic carbocycles. The highest BCUT2D eigenvalue weighted by Crippen LogP contribution is 2.40. The molecule has 0 aliphatic heterocycles. The lowest BCUT2D eigenvalue weighted by Crippen LogP contribution is -2.37. The van der Waals surface area contributed by atoms with Crippen LogP contribution in [0.4, 0.5) is 5.69 Å². The quantitative estimate of drug-likeness (QED) is 0.883. The maximum atomic E-state index is 12.3. The van der Waals surface area contributed by atoms with E-state index in [0.29, 0.717) is 23.6 Å². The van der Waals surface area contributed by atoms with Gasteiger partial charge < -0.3 is 10.4 Å². The number of rotatable bonds is 4. The molecule has 1 amide bonds. The normalized spacial score (nSPS) is 17.2. The first kappa shape index (κ1) is 15.8. The third-order valence-electron chi connectivity index (χ3n) is 4.25. The summed E-state index contributed by atoms with van der Waals surface area (Å²) < 4.78 is 0. The summed E-state index contributed by atoms with van der Waals surface area (Å²) in [5, 5.41) is 12.7. The molecule has 4 nitrogen and oxygen atoms in total. The number of carboxylic acid groups (broad SMARTS) is 1. The second kappa shape index (κ2) is 6.48. The number of hydrogen-bond donors (Lipinski definition) is 2. The summed E-state index contributed by atoms with van der Waals surface area (Å²) >= 11 is 6.08. The van der Waals surface area contributed by atoms with Crippen molar-refractivity contribution in [3.05, 3.63) is 28.8 Å². The van der Waals surface area contributed by atoms with E-state index < -0.39 is 11.4 Å². The molecular formula is C16H20ClNO3. The zero-order chi connectivity index (χ0) is 15.5. The van der Waals surface area contributed by atoms with Gasteiger partial charge in [0.2, 0.25) is 5.91 Å². The summed E-state index contributed by atoms with van der Waals surface area (Å²) in [6.07, 6.45) is 3.91. The van der Waals surface area contributed by atoms with Gasteiger partial charge in [0.15, 0.2) is 0 Å². The number of para-hydroxylation sites is 1. The summed E-state index contributed by atoms with van der Waals surface area (Å²) in [5.41, 5.74) is 0.515. The molecule has 1 saturated carbocycles. The molecule has 114 valence electrons. The summed E-state index contributed by atoms with van der Waals surface area (Å²) in [6, 6.07) is 5.38. The molecule has 1 aliphatic rings. The van der Waals surface area contributed by atoms with Crippen LogP contribution in [0, 0.1) is 12.3 Å². The number of aliphatic carboxylic acids is 1. The second-order valence-corrected chi connectivity index (χ2v) is 6.21. The summed E-state index contributed by atoms with van der Waals surface area (Å²) in [5.74, 6) is -1.15. The zero-order valence-corrected chi connectivity index (χ0v) is 12.9. The predicted molar refractivity (Wildman–Crippen MR) is 82.6 cm³/mol. The van der Waals surface area contributed by atoms with E-state index >= 15 is 0 Å². The number of halogens is 1. The van der Waals surface area contributed by atoms with E-state index in [4.69, 9.17) is 11.6 Å².